The van der Waals surface area contributed by atoms with Gasteiger partial charge in [0.25, 0.3) is 10.0 Å². The molecule has 0 heterocycles. The third kappa shape index (κ3) is 6.80. The molecule has 3 rings (SSSR count). The Morgan fingerprint density at radius 3 is 2.31 bits per heavy atom. The minimum Gasteiger partial charge on any atom is -0.491 e. The fourth-order valence-electron chi connectivity index (χ4n) is 3.64. The normalized spacial score (nSPS) is 11.7. The lowest BCUT2D eigenvalue weighted by Gasteiger charge is -2.25. The van der Waals surface area contributed by atoms with Crippen molar-refractivity contribution < 1.29 is 17.9 Å². The predicted octanol–water partition coefficient (Wildman–Crippen LogP) is 5.64. The van der Waals surface area contributed by atoms with E-state index in [4.69, 9.17) is 16.3 Å². The Morgan fingerprint density at radius 1 is 1.00 bits per heavy atom. The number of halogens is 1. The second-order valence-corrected chi connectivity index (χ2v) is 12.0. The highest BCUT2D eigenvalue weighted by Gasteiger charge is 2.27. The number of hydrogen-bond donors (Lipinski definition) is 1. The summed E-state index contributed by atoms with van der Waals surface area (Å²) in [4.78, 5) is 12.9. The second-order valence-electron chi connectivity index (χ2n) is 9.70. The van der Waals surface area contributed by atoms with Gasteiger partial charge in [-0.15, -0.1) is 0 Å². The molecule has 192 valence electrons. The van der Waals surface area contributed by atoms with Gasteiger partial charge in [0.1, 0.15) is 18.9 Å². The van der Waals surface area contributed by atoms with E-state index in [-0.39, 0.29) is 23.5 Å². The van der Waals surface area contributed by atoms with Crippen LogP contribution in [-0.4, -0.2) is 34.0 Å². The van der Waals surface area contributed by atoms with E-state index in [9.17, 15) is 13.2 Å². The predicted molar refractivity (Wildman–Crippen MR) is 146 cm³/mol. The zero-order valence-corrected chi connectivity index (χ0v) is 22.9. The van der Waals surface area contributed by atoms with Crippen LogP contribution in [0.3, 0.4) is 0 Å². The van der Waals surface area contributed by atoms with Gasteiger partial charge in [0.05, 0.1) is 17.1 Å². The second kappa shape index (κ2) is 11.4. The number of anilines is 1. The molecule has 6 nitrogen and oxygen atoms in total. The number of para-hydroxylation sites is 1. The van der Waals surface area contributed by atoms with Gasteiger partial charge in [-0.3, -0.25) is 9.10 Å². The first-order valence-corrected chi connectivity index (χ1v) is 13.6. The lowest BCUT2D eigenvalue weighted by molar-refractivity contribution is -0.119. The van der Waals surface area contributed by atoms with Gasteiger partial charge in [-0.1, -0.05) is 74.3 Å². The van der Waals surface area contributed by atoms with Crippen molar-refractivity contribution in [3.8, 4) is 5.75 Å². The van der Waals surface area contributed by atoms with Crippen molar-refractivity contribution in [2.75, 3.05) is 24.0 Å². The third-order valence-corrected chi connectivity index (χ3v) is 7.91. The average Bonchev–Trinajstić information content (AvgIpc) is 2.82. The minimum atomic E-state index is -4.01. The van der Waals surface area contributed by atoms with Gasteiger partial charge in [-0.05, 0) is 60.7 Å². The van der Waals surface area contributed by atoms with E-state index in [0.29, 0.717) is 10.7 Å². The van der Waals surface area contributed by atoms with Gasteiger partial charge in [0, 0.05) is 5.02 Å². The van der Waals surface area contributed by atoms with Crippen LogP contribution in [0.1, 0.15) is 37.5 Å². The van der Waals surface area contributed by atoms with Gasteiger partial charge in [-0.25, -0.2) is 8.42 Å². The Kier molecular flexibility index (Phi) is 8.69. The molecule has 0 fully saturated rings. The minimum absolute atomic E-state index is 0.0833. The Balaban J connectivity index is 1.73. The van der Waals surface area contributed by atoms with Crippen LogP contribution in [-0.2, 0) is 20.2 Å². The summed E-state index contributed by atoms with van der Waals surface area (Å²) in [6, 6.07) is 19.2. The number of nitrogens with zero attached hydrogens (tertiary/aromatic N) is 1. The van der Waals surface area contributed by atoms with Gasteiger partial charge in [0.2, 0.25) is 5.91 Å². The van der Waals surface area contributed by atoms with Crippen molar-refractivity contribution in [2.45, 2.75) is 44.9 Å². The molecule has 0 saturated carbocycles. The summed E-state index contributed by atoms with van der Waals surface area (Å²) in [6.45, 7) is 10.1. The molecule has 0 aliphatic heterocycles. The molecule has 3 aromatic carbocycles. The number of amides is 1. The number of hydrogen-bond acceptors (Lipinski definition) is 4. The third-order valence-electron chi connectivity index (χ3n) is 5.72. The maximum absolute atomic E-state index is 13.5. The Bertz CT molecular complexity index is 1320. The maximum Gasteiger partial charge on any atom is 0.264 e. The van der Waals surface area contributed by atoms with E-state index in [1.807, 2.05) is 38.1 Å². The molecule has 0 aromatic heterocycles. The summed E-state index contributed by atoms with van der Waals surface area (Å²) in [6.07, 6.45) is 0. The van der Waals surface area contributed by atoms with Crippen molar-refractivity contribution in [2.24, 2.45) is 0 Å². The highest BCUT2D eigenvalue weighted by molar-refractivity contribution is 7.92. The standard InChI is InChI=1S/C28H33ClN2O4S/c1-20-10-14-23(15-11-20)36(33,34)31(22-13-12-21(2)25(29)18-22)19-27(32)30-16-17-35-26-9-7-6-8-24(26)28(3,4)5/h6-15,18H,16-17,19H2,1-5H3,(H,30,32). The molecule has 0 saturated heterocycles. The SMILES string of the molecule is Cc1ccc(S(=O)(=O)N(CC(=O)NCCOc2ccccc2C(C)(C)C)c2ccc(C)c(Cl)c2)cc1. The summed E-state index contributed by atoms with van der Waals surface area (Å²) < 4.78 is 34.0. The van der Waals surface area contributed by atoms with E-state index < -0.39 is 22.5 Å². The molecule has 0 unspecified atom stereocenters. The number of rotatable bonds is 9. The molecule has 0 radical (unpaired) electrons. The number of nitrogens with one attached hydrogen (secondary N) is 1. The Labute approximate surface area is 219 Å². The number of sulfonamides is 1. The molecule has 1 amide bonds. The van der Waals surface area contributed by atoms with Crippen molar-refractivity contribution in [1.82, 2.24) is 5.32 Å². The van der Waals surface area contributed by atoms with Crippen molar-refractivity contribution in [3.05, 3.63) is 88.4 Å². The molecule has 0 spiro atoms. The number of benzene rings is 3. The van der Waals surface area contributed by atoms with E-state index in [1.54, 1.807) is 30.3 Å². The van der Waals surface area contributed by atoms with Crippen LogP contribution >= 0.6 is 11.6 Å². The van der Waals surface area contributed by atoms with E-state index >= 15 is 0 Å². The first kappa shape index (κ1) is 27.6. The highest BCUT2D eigenvalue weighted by Crippen LogP contribution is 2.31. The van der Waals surface area contributed by atoms with Crippen molar-refractivity contribution in [1.29, 1.82) is 0 Å². The number of carbonyl (C=O) groups is 1. The lowest BCUT2D eigenvalue weighted by atomic mass is 9.86. The number of carbonyl (C=O) groups excluding carboxylic acids is 1. The van der Waals surface area contributed by atoms with Crippen molar-refractivity contribution in [3.63, 3.8) is 0 Å². The molecular weight excluding hydrogens is 496 g/mol. The molecular formula is C28H33ClN2O4S. The van der Waals surface area contributed by atoms with Crippen molar-refractivity contribution >= 4 is 33.2 Å². The van der Waals surface area contributed by atoms with Crippen LogP contribution in [0.5, 0.6) is 5.75 Å². The van der Waals surface area contributed by atoms with Gasteiger partial charge in [0.15, 0.2) is 0 Å². The van der Waals surface area contributed by atoms with Crippen LogP contribution < -0.4 is 14.4 Å². The largest absolute Gasteiger partial charge is 0.491 e. The average molecular weight is 529 g/mol. The van der Waals surface area contributed by atoms with E-state index in [1.165, 1.54) is 12.1 Å². The molecule has 0 aliphatic rings. The summed E-state index contributed by atoms with van der Waals surface area (Å²) in [5, 5.41) is 3.19. The van der Waals surface area contributed by atoms with Gasteiger partial charge < -0.3 is 10.1 Å². The van der Waals surface area contributed by atoms with E-state index in [0.717, 1.165) is 26.7 Å². The number of aryl methyl sites for hydroxylation is 2. The van der Waals surface area contributed by atoms with Crippen LogP contribution in [0.15, 0.2) is 71.6 Å². The summed E-state index contributed by atoms with van der Waals surface area (Å²) >= 11 is 6.28. The fourth-order valence-corrected chi connectivity index (χ4v) is 5.23. The molecule has 0 aliphatic carbocycles. The molecule has 1 N–H and O–H groups in total. The molecule has 36 heavy (non-hydrogen) atoms. The Morgan fingerprint density at radius 2 is 1.67 bits per heavy atom. The van der Waals surface area contributed by atoms with Crippen LogP contribution in [0.25, 0.3) is 0 Å². The summed E-state index contributed by atoms with van der Waals surface area (Å²) in [5.74, 6) is 0.312. The van der Waals surface area contributed by atoms with Crippen LogP contribution in [0.4, 0.5) is 5.69 Å². The highest BCUT2D eigenvalue weighted by atomic mass is 35.5. The first-order valence-electron chi connectivity index (χ1n) is 11.7. The first-order chi connectivity index (χ1) is 16.9. The van der Waals surface area contributed by atoms with Gasteiger partial charge >= 0.3 is 0 Å². The monoisotopic (exact) mass is 528 g/mol. The molecule has 3 aromatic rings. The molecule has 0 bridgehead atoms. The zero-order chi connectivity index (χ0) is 26.5. The quantitative estimate of drug-likeness (QED) is 0.364. The fraction of sp³-hybridized carbons (Fsp3) is 0.321. The lowest BCUT2D eigenvalue weighted by Crippen LogP contribution is -2.42. The van der Waals surface area contributed by atoms with Gasteiger partial charge in [-0.2, -0.15) is 0 Å². The van der Waals surface area contributed by atoms with Crippen LogP contribution in [0, 0.1) is 13.8 Å². The summed E-state index contributed by atoms with van der Waals surface area (Å²) in [5.41, 5.74) is 3.05. The molecule has 8 heteroatoms. The Hall–Kier alpha value is -3.03. The maximum atomic E-state index is 13.5. The topological polar surface area (TPSA) is 75.7 Å². The molecule has 0 atom stereocenters. The zero-order valence-electron chi connectivity index (χ0n) is 21.3. The number of ether oxygens (including phenoxy) is 1. The summed E-state index contributed by atoms with van der Waals surface area (Å²) in [7, 11) is -4.01. The smallest absolute Gasteiger partial charge is 0.264 e. The van der Waals surface area contributed by atoms with E-state index in [2.05, 4.69) is 26.1 Å². The van der Waals surface area contributed by atoms with Crippen LogP contribution in [0.2, 0.25) is 5.02 Å².